The van der Waals surface area contributed by atoms with Gasteiger partial charge in [0.25, 0.3) is 5.91 Å². The van der Waals surface area contributed by atoms with Gasteiger partial charge in [0.05, 0.1) is 0 Å². The highest BCUT2D eigenvalue weighted by Crippen LogP contribution is 2.15. The molecule has 1 amide bonds. The summed E-state index contributed by atoms with van der Waals surface area (Å²) in [6.07, 6.45) is 5.16. The standard InChI is InChI=1S/C19H23N5O/c1-14(15-8-5-4-6-9-15)23-19(2,3)13-21-17(25)16-12-24-11-7-10-20-18(24)22-16/h4-12,14,23H,13H2,1-3H3,(H,21,25)/t14-/m1/s1. The average Bonchev–Trinajstić information content (AvgIpc) is 3.04. The first-order valence-corrected chi connectivity index (χ1v) is 8.35. The van der Waals surface area contributed by atoms with Crippen molar-refractivity contribution in [1.82, 2.24) is 25.0 Å². The minimum absolute atomic E-state index is 0.187. The molecule has 0 fully saturated rings. The lowest BCUT2D eigenvalue weighted by molar-refractivity contribution is 0.0936. The predicted octanol–water partition coefficient (Wildman–Crippen LogP) is 2.59. The molecule has 2 N–H and O–H groups in total. The maximum Gasteiger partial charge on any atom is 0.271 e. The lowest BCUT2D eigenvalue weighted by atomic mass is 10.0. The van der Waals surface area contributed by atoms with Crippen LogP contribution in [-0.4, -0.2) is 32.4 Å². The number of hydrogen-bond acceptors (Lipinski definition) is 4. The zero-order chi connectivity index (χ0) is 17.9. The number of fused-ring (bicyclic) bond motifs is 1. The number of benzene rings is 1. The van der Waals surface area contributed by atoms with Gasteiger partial charge < -0.3 is 10.6 Å². The Hall–Kier alpha value is -2.73. The maximum absolute atomic E-state index is 12.4. The first kappa shape index (κ1) is 17.1. The normalized spacial score (nSPS) is 12.9. The molecule has 0 spiro atoms. The van der Waals surface area contributed by atoms with Crippen LogP contribution < -0.4 is 10.6 Å². The lowest BCUT2D eigenvalue weighted by Gasteiger charge is -2.30. The second kappa shape index (κ2) is 7.03. The molecule has 0 bridgehead atoms. The molecule has 0 saturated carbocycles. The van der Waals surface area contributed by atoms with Crippen LogP contribution in [0.15, 0.2) is 55.0 Å². The number of hydrogen-bond donors (Lipinski definition) is 2. The van der Waals surface area contributed by atoms with Crippen molar-refractivity contribution in [3.8, 4) is 0 Å². The average molecular weight is 337 g/mol. The van der Waals surface area contributed by atoms with Crippen molar-refractivity contribution in [2.45, 2.75) is 32.4 Å². The Labute approximate surface area is 147 Å². The molecule has 2 aromatic heterocycles. The third-order valence-electron chi connectivity index (χ3n) is 4.07. The van der Waals surface area contributed by atoms with E-state index >= 15 is 0 Å². The van der Waals surface area contributed by atoms with Crippen LogP contribution in [0.4, 0.5) is 0 Å². The summed E-state index contributed by atoms with van der Waals surface area (Å²) in [5.74, 6) is 0.315. The molecule has 1 atom stereocenters. The van der Waals surface area contributed by atoms with Crippen LogP contribution in [0.5, 0.6) is 0 Å². The molecule has 130 valence electrons. The molecule has 6 nitrogen and oxygen atoms in total. The third kappa shape index (κ3) is 4.22. The Kier molecular flexibility index (Phi) is 4.81. The van der Waals surface area contributed by atoms with Gasteiger partial charge in [0.15, 0.2) is 0 Å². The van der Waals surface area contributed by atoms with E-state index in [1.165, 1.54) is 5.56 Å². The highest BCUT2D eigenvalue weighted by molar-refractivity contribution is 5.92. The van der Waals surface area contributed by atoms with Crippen LogP contribution in [0, 0.1) is 0 Å². The van der Waals surface area contributed by atoms with Gasteiger partial charge >= 0.3 is 0 Å². The molecule has 0 radical (unpaired) electrons. The predicted molar refractivity (Wildman–Crippen MR) is 97.4 cm³/mol. The summed E-state index contributed by atoms with van der Waals surface area (Å²) in [7, 11) is 0. The number of carbonyl (C=O) groups is 1. The summed E-state index contributed by atoms with van der Waals surface area (Å²) in [6.45, 7) is 6.74. The molecular formula is C19H23N5O. The zero-order valence-electron chi connectivity index (χ0n) is 14.7. The third-order valence-corrected chi connectivity index (χ3v) is 4.07. The topological polar surface area (TPSA) is 71.3 Å². The van der Waals surface area contributed by atoms with Crippen molar-refractivity contribution in [1.29, 1.82) is 0 Å². The van der Waals surface area contributed by atoms with Crippen LogP contribution in [0.2, 0.25) is 0 Å². The first-order valence-electron chi connectivity index (χ1n) is 8.35. The van der Waals surface area contributed by atoms with Gasteiger partial charge in [0.2, 0.25) is 5.78 Å². The lowest BCUT2D eigenvalue weighted by Crippen LogP contribution is -2.49. The summed E-state index contributed by atoms with van der Waals surface area (Å²) < 4.78 is 1.73. The van der Waals surface area contributed by atoms with E-state index < -0.39 is 0 Å². The molecule has 25 heavy (non-hydrogen) atoms. The number of nitrogens with zero attached hydrogens (tertiary/aromatic N) is 3. The second-order valence-corrected chi connectivity index (χ2v) is 6.80. The summed E-state index contributed by atoms with van der Waals surface area (Å²) in [5, 5.41) is 6.51. The molecule has 1 aromatic carbocycles. The van der Waals surface area contributed by atoms with Crippen molar-refractivity contribution in [2.24, 2.45) is 0 Å². The molecule has 0 aliphatic rings. The summed E-state index contributed by atoms with van der Waals surface area (Å²) >= 11 is 0. The summed E-state index contributed by atoms with van der Waals surface area (Å²) in [6, 6.07) is 12.2. The fraction of sp³-hybridized carbons (Fsp3) is 0.316. The molecule has 0 aliphatic heterocycles. The molecule has 0 unspecified atom stereocenters. The van der Waals surface area contributed by atoms with Crippen molar-refractivity contribution in [3.63, 3.8) is 0 Å². The Bertz CT molecular complexity index is 823. The van der Waals surface area contributed by atoms with E-state index in [1.807, 2.05) is 24.4 Å². The van der Waals surface area contributed by atoms with Crippen LogP contribution in [-0.2, 0) is 0 Å². The van der Waals surface area contributed by atoms with Gasteiger partial charge in [0, 0.05) is 36.7 Å². The van der Waals surface area contributed by atoms with E-state index in [0.717, 1.165) is 0 Å². The Morgan fingerprint density at radius 2 is 2.00 bits per heavy atom. The van der Waals surface area contributed by atoms with Gasteiger partial charge in [-0.1, -0.05) is 30.3 Å². The number of imidazole rings is 1. The summed E-state index contributed by atoms with van der Waals surface area (Å²) in [4.78, 5) is 20.7. The van der Waals surface area contributed by atoms with Crippen molar-refractivity contribution in [2.75, 3.05) is 6.54 Å². The number of nitrogens with one attached hydrogen (secondary N) is 2. The van der Waals surface area contributed by atoms with Crippen LogP contribution in [0.25, 0.3) is 5.78 Å². The maximum atomic E-state index is 12.4. The largest absolute Gasteiger partial charge is 0.349 e. The number of amides is 1. The Morgan fingerprint density at radius 1 is 1.24 bits per heavy atom. The fourth-order valence-electron chi connectivity index (χ4n) is 2.79. The molecule has 0 saturated heterocycles. The van der Waals surface area contributed by atoms with Gasteiger partial charge in [0.1, 0.15) is 5.69 Å². The van der Waals surface area contributed by atoms with E-state index in [1.54, 1.807) is 22.9 Å². The Morgan fingerprint density at radius 3 is 2.72 bits per heavy atom. The minimum atomic E-state index is -0.262. The minimum Gasteiger partial charge on any atom is -0.349 e. The second-order valence-electron chi connectivity index (χ2n) is 6.80. The van der Waals surface area contributed by atoms with Gasteiger partial charge in [-0.2, -0.15) is 0 Å². The van der Waals surface area contributed by atoms with Gasteiger partial charge in [-0.15, -0.1) is 0 Å². The van der Waals surface area contributed by atoms with Crippen LogP contribution in [0.3, 0.4) is 0 Å². The van der Waals surface area contributed by atoms with Crippen molar-refractivity contribution < 1.29 is 4.79 Å². The first-order chi connectivity index (χ1) is 11.9. The molecule has 0 aliphatic carbocycles. The van der Waals surface area contributed by atoms with E-state index in [0.29, 0.717) is 18.0 Å². The molecule has 3 aromatic rings. The van der Waals surface area contributed by atoms with E-state index in [9.17, 15) is 4.79 Å². The number of aromatic nitrogens is 3. The van der Waals surface area contributed by atoms with Gasteiger partial charge in [-0.3, -0.25) is 9.20 Å². The van der Waals surface area contributed by atoms with E-state index in [-0.39, 0.29) is 17.5 Å². The fourth-order valence-corrected chi connectivity index (χ4v) is 2.79. The van der Waals surface area contributed by atoms with Gasteiger partial charge in [-0.25, -0.2) is 9.97 Å². The van der Waals surface area contributed by atoms with Crippen LogP contribution >= 0.6 is 0 Å². The van der Waals surface area contributed by atoms with E-state index in [2.05, 4.69) is 53.5 Å². The van der Waals surface area contributed by atoms with Crippen molar-refractivity contribution >= 4 is 11.7 Å². The number of rotatable bonds is 6. The summed E-state index contributed by atoms with van der Waals surface area (Å²) in [5.41, 5.74) is 1.32. The Balaban J connectivity index is 1.60. The quantitative estimate of drug-likeness (QED) is 0.725. The van der Waals surface area contributed by atoms with Gasteiger partial charge in [-0.05, 0) is 32.4 Å². The monoisotopic (exact) mass is 337 g/mol. The van der Waals surface area contributed by atoms with Crippen LogP contribution in [0.1, 0.15) is 42.9 Å². The SMILES string of the molecule is C[C@@H](NC(C)(C)CNC(=O)c1cn2cccnc2n1)c1ccccc1. The smallest absolute Gasteiger partial charge is 0.271 e. The highest BCUT2D eigenvalue weighted by Gasteiger charge is 2.22. The van der Waals surface area contributed by atoms with E-state index in [4.69, 9.17) is 0 Å². The molecule has 2 heterocycles. The molecule has 6 heteroatoms. The highest BCUT2D eigenvalue weighted by atomic mass is 16.1. The van der Waals surface area contributed by atoms with Crippen molar-refractivity contribution in [3.05, 3.63) is 66.2 Å². The zero-order valence-corrected chi connectivity index (χ0v) is 14.7. The molecular weight excluding hydrogens is 314 g/mol. The number of carbonyl (C=O) groups excluding carboxylic acids is 1. The molecule has 3 rings (SSSR count).